The number of halogens is 1. The van der Waals surface area contributed by atoms with E-state index in [1.165, 1.54) is 11.1 Å². The van der Waals surface area contributed by atoms with E-state index in [0.29, 0.717) is 0 Å². The van der Waals surface area contributed by atoms with Gasteiger partial charge in [-0.3, -0.25) is 0 Å². The van der Waals surface area contributed by atoms with Gasteiger partial charge in [0.15, 0.2) is 0 Å². The Labute approximate surface area is 97.3 Å². The van der Waals surface area contributed by atoms with Gasteiger partial charge in [0.2, 0.25) is 0 Å². The minimum absolute atomic E-state index is 1.04. The molecule has 0 radical (unpaired) electrons. The van der Waals surface area contributed by atoms with Crippen LogP contribution < -0.4 is 0 Å². The largest absolute Gasteiger partial charge is 0.247 e. The standard InChI is InChI=1S/C12H10IN/c1-9-11(7-8-12(13)14-9)10-5-3-2-4-6-10/h2-8H,1H3. The van der Waals surface area contributed by atoms with Crippen molar-refractivity contribution in [3.8, 4) is 11.1 Å². The maximum Gasteiger partial charge on any atom is 0.101 e. The number of hydrogen-bond donors (Lipinski definition) is 0. The van der Waals surface area contributed by atoms with E-state index in [9.17, 15) is 0 Å². The molecule has 1 nitrogen and oxygen atoms in total. The third-order valence-corrected chi connectivity index (χ3v) is 2.74. The van der Waals surface area contributed by atoms with Crippen molar-refractivity contribution in [2.75, 3.05) is 0 Å². The summed E-state index contributed by atoms with van der Waals surface area (Å²) in [5.41, 5.74) is 3.53. The second-order valence-electron chi connectivity index (χ2n) is 3.13. The minimum atomic E-state index is 1.04. The van der Waals surface area contributed by atoms with E-state index < -0.39 is 0 Å². The molecule has 0 unspecified atom stereocenters. The molecular weight excluding hydrogens is 285 g/mol. The molecule has 0 fully saturated rings. The topological polar surface area (TPSA) is 12.9 Å². The van der Waals surface area contributed by atoms with Crippen molar-refractivity contribution in [1.29, 1.82) is 0 Å². The van der Waals surface area contributed by atoms with Gasteiger partial charge in [0.05, 0.1) is 0 Å². The molecule has 1 heterocycles. The maximum atomic E-state index is 4.44. The molecule has 1 aromatic carbocycles. The van der Waals surface area contributed by atoms with Gasteiger partial charge in [0.25, 0.3) is 0 Å². The Kier molecular flexibility index (Phi) is 2.82. The molecule has 0 spiro atoms. The first kappa shape index (κ1) is 9.65. The Morgan fingerprint density at radius 2 is 1.71 bits per heavy atom. The normalized spacial score (nSPS) is 10.1. The van der Waals surface area contributed by atoms with Crippen LogP contribution in [0, 0.1) is 10.6 Å². The summed E-state index contributed by atoms with van der Waals surface area (Å²) >= 11 is 2.23. The highest BCUT2D eigenvalue weighted by molar-refractivity contribution is 14.1. The van der Waals surface area contributed by atoms with E-state index in [1.54, 1.807) is 0 Å². The predicted molar refractivity (Wildman–Crippen MR) is 67.1 cm³/mol. The zero-order valence-corrected chi connectivity index (χ0v) is 10.0. The molecule has 0 aliphatic carbocycles. The highest BCUT2D eigenvalue weighted by Gasteiger charge is 2.01. The highest BCUT2D eigenvalue weighted by Crippen LogP contribution is 2.22. The Balaban J connectivity index is 2.53. The van der Waals surface area contributed by atoms with Gasteiger partial charge in [-0.1, -0.05) is 30.3 Å². The van der Waals surface area contributed by atoms with Crippen molar-refractivity contribution in [2.24, 2.45) is 0 Å². The lowest BCUT2D eigenvalue weighted by Gasteiger charge is -2.04. The molecule has 1 aromatic heterocycles. The Hall–Kier alpha value is -0.900. The molecular formula is C12H10IN. The van der Waals surface area contributed by atoms with Gasteiger partial charge < -0.3 is 0 Å². The van der Waals surface area contributed by atoms with Gasteiger partial charge >= 0.3 is 0 Å². The third-order valence-electron chi connectivity index (χ3n) is 2.14. The van der Waals surface area contributed by atoms with Crippen molar-refractivity contribution in [3.05, 3.63) is 51.9 Å². The molecule has 0 amide bonds. The predicted octanol–water partition coefficient (Wildman–Crippen LogP) is 3.66. The Morgan fingerprint density at radius 3 is 2.36 bits per heavy atom. The summed E-state index contributed by atoms with van der Waals surface area (Å²) in [6.07, 6.45) is 0. The SMILES string of the molecule is Cc1nc(I)ccc1-c1ccccc1. The molecule has 14 heavy (non-hydrogen) atoms. The van der Waals surface area contributed by atoms with E-state index in [4.69, 9.17) is 0 Å². The van der Waals surface area contributed by atoms with Crippen LogP contribution in [-0.2, 0) is 0 Å². The van der Waals surface area contributed by atoms with Gasteiger partial charge in [-0.15, -0.1) is 0 Å². The van der Waals surface area contributed by atoms with Crippen LogP contribution in [0.2, 0.25) is 0 Å². The van der Waals surface area contributed by atoms with E-state index in [1.807, 2.05) is 31.2 Å². The van der Waals surface area contributed by atoms with Crippen LogP contribution >= 0.6 is 22.6 Å². The lowest BCUT2D eigenvalue weighted by molar-refractivity contribution is 1.17. The van der Waals surface area contributed by atoms with Crippen LogP contribution in [0.3, 0.4) is 0 Å². The third kappa shape index (κ3) is 1.95. The molecule has 0 aliphatic rings. The van der Waals surface area contributed by atoms with Gasteiger partial charge in [-0.05, 0) is 47.2 Å². The van der Waals surface area contributed by atoms with E-state index in [2.05, 4.69) is 45.8 Å². The van der Waals surface area contributed by atoms with Crippen molar-refractivity contribution in [1.82, 2.24) is 4.98 Å². The lowest BCUT2D eigenvalue weighted by Crippen LogP contribution is -1.89. The van der Waals surface area contributed by atoms with Gasteiger partial charge in [-0.25, -0.2) is 4.98 Å². The monoisotopic (exact) mass is 295 g/mol. The summed E-state index contributed by atoms with van der Waals surface area (Å²) in [6.45, 7) is 2.05. The summed E-state index contributed by atoms with van der Waals surface area (Å²) in [7, 11) is 0. The van der Waals surface area contributed by atoms with E-state index >= 15 is 0 Å². The number of rotatable bonds is 1. The van der Waals surface area contributed by atoms with Crippen molar-refractivity contribution in [2.45, 2.75) is 6.92 Å². The van der Waals surface area contributed by atoms with Crippen molar-refractivity contribution < 1.29 is 0 Å². The molecule has 70 valence electrons. The fourth-order valence-electron chi connectivity index (χ4n) is 1.45. The van der Waals surface area contributed by atoms with Gasteiger partial charge in [-0.2, -0.15) is 0 Å². The quantitative estimate of drug-likeness (QED) is 0.578. The number of benzene rings is 1. The van der Waals surface area contributed by atoms with Crippen LogP contribution in [0.4, 0.5) is 0 Å². The van der Waals surface area contributed by atoms with E-state index in [-0.39, 0.29) is 0 Å². The molecule has 0 bridgehead atoms. The lowest BCUT2D eigenvalue weighted by atomic mass is 10.1. The Bertz CT molecular complexity index is 437. The second kappa shape index (κ2) is 4.09. The summed E-state index contributed by atoms with van der Waals surface area (Å²) in [5.74, 6) is 0. The average Bonchev–Trinajstić information content (AvgIpc) is 2.19. The molecule has 0 aliphatic heterocycles. The first-order chi connectivity index (χ1) is 6.77. The molecule has 2 rings (SSSR count). The van der Waals surface area contributed by atoms with Crippen molar-refractivity contribution in [3.63, 3.8) is 0 Å². The fourth-order valence-corrected chi connectivity index (χ4v) is 1.99. The Morgan fingerprint density at radius 1 is 1.00 bits per heavy atom. The number of aromatic nitrogens is 1. The zero-order valence-electron chi connectivity index (χ0n) is 7.87. The zero-order chi connectivity index (χ0) is 9.97. The molecule has 0 atom stereocenters. The number of hydrogen-bond acceptors (Lipinski definition) is 1. The van der Waals surface area contributed by atoms with Crippen LogP contribution in [0.25, 0.3) is 11.1 Å². The first-order valence-corrected chi connectivity index (χ1v) is 5.54. The molecule has 2 heteroatoms. The highest BCUT2D eigenvalue weighted by atomic mass is 127. The average molecular weight is 295 g/mol. The van der Waals surface area contributed by atoms with Crippen molar-refractivity contribution >= 4 is 22.6 Å². The first-order valence-electron chi connectivity index (χ1n) is 4.46. The summed E-state index contributed by atoms with van der Waals surface area (Å²) in [6, 6.07) is 14.5. The molecule has 0 saturated heterocycles. The number of nitrogens with zero attached hydrogens (tertiary/aromatic N) is 1. The molecule has 2 aromatic rings. The maximum absolute atomic E-state index is 4.44. The van der Waals surface area contributed by atoms with Gasteiger partial charge in [0.1, 0.15) is 3.70 Å². The molecule has 0 N–H and O–H groups in total. The second-order valence-corrected chi connectivity index (χ2v) is 4.24. The van der Waals surface area contributed by atoms with Crippen LogP contribution in [-0.4, -0.2) is 4.98 Å². The van der Waals surface area contributed by atoms with Crippen LogP contribution in [0.15, 0.2) is 42.5 Å². The molecule has 0 saturated carbocycles. The number of pyridine rings is 1. The van der Waals surface area contributed by atoms with Gasteiger partial charge in [0, 0.05) is 11.3 Å². The number of aryl methyl sites for hydroxylation is 1. The summed E-state index contributed by atoms with van der Waals surface area (Å²) in [4.78, 5) is 4.44. The minimum Gasteiger partial charge on any atom is -0.247 e. The van der Waals surface area contributed by atoms with E-state index in [0.717, 1.165) is 9.39 Å². The summed E-state index contributed by atoms with van der Waals surface area (Å²) in [5, 5.41) is 0. The summed E-state index contributed by atoms with van der Waals surface area (Å²) < 4.78 is 1.04. The fraction of sp³-hybridized carbons (Fsp3) is 0.0833. The smallest absolute Gasteiger partial charge is 0.101 e. The van der Waals surface area contributed by atoms with Crippen LogP contribution in [0.5, 0.6) is 0 Å². The van der Waals surface area contributed by atoms with Crippen LogP contribution in [0.1, 0.15) is 5.69 Å².